The van der Waals surface area contributed by atoms with Gasteiger partial charge in [-0.15, -0.1) is 0 Å². The van der Waals surface area contributed by atoms with E-state index in [0.717, 1.165) is 11.1 Å². The summed E-state index contributed by atoms with van der Waals surface area (Å²) in [5, 5.41) is 9.73. The molecule has 26 heavy (non-hydrogen) atoms. The van der Waals surface area contributed by atoms with Crippen LogP contribution < -0.4 is 14.2 Å². The molecule has 1 aliphatic heterocycles. The van der Waals surface area contributed by atoms with Crippen LogP contribution in [0.25, 0.3) is 0 Å². The molecular weight excluding hydrogens is 334 g/mol. The highest BCUT2D eigenvalue weighted by atomic mass is 16.7. The zero-order valence-electron chi connectivity index (χ0n) is 14.6. The normalized spacial score (nSPS) is 14.2. The van der Waals surface area contributed by atoms with Gasteiger partial charge in [0.2, 0.25) is 6.79 Å². The maximum absolute atomic E-state index is 12.5. The highest BCUT2D eigenvalue weighted by Crippen LogP contribution is 2.42. The highest BCUT2D eigenvalue weighted by molar-refractivity contribution is 5.78. The molecule has 134 valence electrons. The number of hydrogen-bond acceptors (Lipinski definition) is 6. The Hall–Kier alpha value is -3.20. The molecule has 6 heteroatoms. The van der Waals surface area contributed by atoms with E-state index in [2.05, 4.69) is 6.07 Å². The Labute approximate surface area is 151 Å². The molecule has 3 rings (SSSR count). The molecule has 2 atom stereocenters. The maximum Gasteiger partial charge on any atom is 0.324 e. The zero-order valence-corrected chi connectivity index (χ0v) is 14.6. The summed E-state index contributed by atoms with van der Waals surface area (Å²) in [6.07, 6.45) is 0. The van der Waals surface area contributed by atoms with E-state index in [1.54, 1.807) is 32.2 Å². The summed E-state index contributed by atoms with van der Waals surface area (Å²) in [6, 6.07) is 14.8. The first-order valence-corrected chi connectivity index (χ1v) is 8.28. The Morgan fingerprint density at radius 1 is 1.23 bits per heavy atom. The summed E-state index contributed by atoms with van der Waals surface area (Å²) in [4.78, 5) is 12.5. The van der Waals surface area contributed by atoms with Gasteiger partial charge in [0.25, 0.3) is 0 Å². The molecule has 0 bridgehead atoms. The van der Waals surface area contributed by atoms with Crippen LogP contribution in [0.15, 0.2) is 42.5 Å². The van der Waals surface area contributed by atoms with Crippen LogP contribution in [-0.2, 0) is 9.53 Å². The second-order valence-corrected chi connectivity index (χ2v) is 5.69. The summed E-state index contributed by atoms with van der Waals surface area (Å²) in [5.41, 5.74) is 1.48. The molecule has 0 saturated heterocycles. The molecule has 2 aromatic carbocycles. The Morgan fingerprint density at radius 3 is 2.73 bits per heavy atom. The standard InChI is InChI=1S/C20H19NO5/c1-3-24-20(22)15(11-21)19(14-6-4-5-7-16(14)23-2)13-8-9-17-18(10-13)26-12-25-17/h4-10,15,19H,3,12H2,1-2H3/t15-,19-/m0/s1. The minimum Gasteiger partial charge on any atom is -0.496 e. The number of methoxy groups -OCH3 is 1. The number of rotatable bonds is 6. The second kappa shape index (κ2) is 7.79. The topological polar surface area (TPSA) is 77.8 Å². The Balaban J connectivity index is 2.12. The van der Waals surface area contributed by atoms with Gasteiger partial charge >= 0.3 is 5.97 Å². The first-order chi connectivity index (χ1) is 12.7. The number of benzene rings is 2. The van der Waals surface area contributed by atoms with Gasteiger partial charge in [-0.3, -0.25) is 4.79 Å². The van der Waals surface area contributed by atoms with Gasteiger partial charge in [-0.25, -0.2) is 0 Å². The van der Waals surface area contributed by atoms with Crippen molar-refractivity contribution in [2.24, 2.45) is 5.92 Å². The molecule has 0 spiro atoms. The van der Waals surface area contributed by atoms with E-state index in [-0.39, 0.29) is 13.4 Å². The van der Waals surface area contributed by atoms with Gasteiger partial charge < -0.3 is 18.9 Å². The maximum atomic E-state index is 12.5. The molecule has 0 saturated carbocycles. The largest absolute Gasteiger partial charge is 0.496 e. The number of hydrogen-bond donors (Lipinski definition) is 0. The van der Waals surface area contributed by atoms with Gasteiger partial charge in [0.1, 0.15) is 5.75 Å². The summed E-state index contributed by atoms with van der Waals surface area (Å²) in [6.45, 7) is 2.07. The average Bonchev–Trinajstić information content (AvgIpc) is 3.14. The number of nitriles is 1. The molecule has 0 N–H and O–H groups in total. The highest BCUT2D eigenvalue weighted by Gasteiger charge is 2.35. The molecule has 1 aliphatic rings. The van der Waals surface area contributed by atoms with E-state index in [1.807, 2.05) is 24.3 Å². The quantitative estimate of drug-likeness (QED) is 0.742. The predicted octanol–water partition coefficient (Wildman–Crippen LogP) is 3.26. The van der Waals surface area contributed by atoms with Gasteiger partial charge in [0, 0.05) is 11.5 Å². The van der Waals surface area contributed by atoms with Crippen molar-refractivity contribution in [3.8, 4) is 23.3 Å². The van der Waals surface area contributed by atoms with E-state index in [4.69, 9.17) is 18.9 Å². The SMILES string of the molecule is CCOC(=O)[C@@H](C#N)[C@@H](c1ccc2c(c1)OCO2)c1ccccc1OC. The van der Waals surface area contributed by atoms with Gasteiger partial charge in [-0.05, 0) is 30.7 Å². The Morgan fingerprint density at radius 2 is 2.00 bits per heavy atom. The number of para-hydroxylation sites is 1. The van der Waals surface area contributed by atoms with E-state index >= 15 is 0 Å². The van der Waals surface area contributed by atoms with E-state index in [1.165, 1.54) is 0 Å². The fourth-order valence-electron chi connectivity index (χ4n) is 3.08. The third-order valence-corrected chi connectivity index (χ3v) is 4.24. The third-order valence-electron chi connectivity index (χ3n) is 4.24. The molecule has 6 nitrogen and oxygen atoms in total. The average molecular weight is 353 g/mol. The fraction of sp³-hybridized carbons (Fsp3) is 0.300. The molecule has 2 aromatic rings. The summed E-state index contributed by atoms with van der Waals surface area (Å²) in [5.74, 6) is -0.334. The number of nitrogens with zero attached hydrogens (tertiary/aromatic N) is 1. The van der Waals surface area contributed by atoms with Crippen molar-refractivity contribution in [1.82, 2.24) is 0 Å². The molecule has 0 unspecified atom stereocenters. The van der Waals surface area contributed by atoms with Crippen LogP contribution in [0.5, 0.6) is 17.2 Å². The van der Waals surface area contributed by atoms with Crippen LogP contribution in [0.1, 0.15) is 24.0 Å². The molecule has 0 radical (unpaired) electrons. The monoisotopic (exact) mass is 353 g/mol. The molecule has 0 aliphatic carbocycles. The van der Waals surface area contributed by atoms with Crippen LogP contribution in [0.2, 0.25) is 0 Å². The molecule has 0 amide bonds. The second-order valence-electron chi connectivity index (χ2n) is 5.69. The molecule has 0 fully saturated rings. The molecule has 1 heterocycles. The fourth-order valence-corrected chi connectivity index (χ4v) is 3.08. The van der Waals surface area contributed by atoms with Crippen LogP contribution in [0.4, 0.5) is 0 Å². The number of carbonyl (C=O) groups excluding carboxylic acids is 1. The third kappa shape index (κ3) is 3.29. The minimum atomic E-state index is -1.02. The van der Waals surface area contributed by atoms with Crippen LogP contribution in [-0.4, -0.2) is 26.5 Å². The van der Waals surface area contributed by atoms with Crippen LogP contribution in [0, 0.1) is 17.2 Å². The van der Waals surface area contributed by atoms with Crippen molar-refractivity contribution in [2.45, 2.75) is 12.8 Å². The van der Waals surface area contributed by atoms with Crippen molar-refractivity contribution < 1.29 is 23.7 Å². The summed E-state index contributed by atoms with van der Waals surface area (Å²) in [7, 11) is 1.56. The van der Waals surface area contributed by atoms with Crippen molar-refractivity contribution >= 4 is 5.97 Å². The van der Waals surface area contributed by atoms with Crippen molar-refractivity contribution in [1.29, 1.82) is 5.26 Å². The first kappa shape index (κ1) is 17.6. The van der Waals surface area contributed by atoms with Gasteiger partial charge in [0.15, 0.2) is 17.4 Å². The van der Waals surface area contributed by atoms with Crippen molar-refractivity contribution in [3.63, 3.8) is 0 Å². The number of fused-ring (bicyclic) bond motifs is 1. The zero-order chi connectivity index (χ0) is 18.5. The lowest BCUT2D eigenvalue weighted by molar-refractivity contribution is -0.146. The smallest absolute Gasteiger partial charge is 0.324 e. The summed E-state index contributed by atoms with van der Waals surface area (Å²) >= 11 is 0. The predicted molar refractivity (Wildman–Crippen MR) is 93.1 cm³/mol. The number of carbonyl (C=O) groups is 1. The van der Waals surface area contributed by atoms with Crippen molar-refractivity contribution in [3.05, 3.63) is 53.6 Å². The Kier molecular flexibility index (Phi) is 5.28. The molecular formula is C20H19NO5. The van der Waals surface area contributed by atoms with Gasteiger partial charge in [-0.1, -0.05) is 24.3 Å². The van der Waals surface area contributed by atoms with Crippen LogP contribution in [0.3, 0.4) is 0 Å². The minimum absolute atomic E-state index is 0.150. The number of esters is 1. The van der Waals surface area contributed by atoms with Crippen LogP contribution >= 0.6 is 0 Å². The van der Waals surface area contributed by atoms with Gasteiger partial charge in [0.05, 0.1) is 19.8 Å². The van der Waals surface area contributed by atoms with Gasteiger partial charge in [-0.2, -0.15) is 5.26 Å². The lowest BCUT2D eigenvalue weighted by atomic mass is 9.80. The first-order valence-electron chi connectivity index (χ1n) is 8.28. The van der Waals surface area contributed by atoms with E-state index < -0.39 is 17.8 Å². The van der Waals surface area contributed by atoms with E-state index in [9.17, 15) is 10.1 Å². The van der Waals surface area contributed by atoms with Crippen molar-refractivity contribution in [2.75, 3.05) is 20.5 Å². The lowest BCUT2D eigenvalue weighted by Gasteiger charge is -2.23. The lowest BCUT2D eigenvalue weighted by Crippen LogP contribution is -2.24. The number of ether oxygens (including phenoxy) is 4. The molecule has 0 aromatic heterocycles. The Bertz CT molecular complexity index is 842. The van der Waals surface area contributed by atoms with E-state index in [0.29, 0.717) is 17.2 Å². The summed E-state index contributed by atoms with van der Waals surface area (Å²) < 4.78 is 21.4.